The van der Waals surface area contributed by atoms with Gasteiger partial charge in [0.25, 0.3) is 5.91 Å². The van der Waals surface area contributed by atoms with E-state index in [-0.39, 0.29) is 5.91 Å². The molecule has 0 bridgehead atoms. The Morgan fingerprint density at radius 3 is 2.26 bits per heavy atom. The molecule has 0 saturated carbocycles. The zero-order valence-corrected chi connectivity index (χ0v) is 21.0. The van der Waals surface area contributed by atoms with Crippen molar-refractivity contribution in [2.45, 2.75) is 0 Å². The molecule has 4 aromatic carbocycles. The lowest BCUT2D eigenvalue weighted by molar-refractivity contribution is 0.102. The van der Waals surface area contributed by atoms with E-state index in [9.17, 15) is 4.79 Å². The monoisotopic (exact) mass is 499 g/mol. The van der Waals surface area contributed by atoms with Crippen LogP contribution in [0, 0.1) is 0 Å². The summed E-state index contributed by atoms with van der Waals surface area (Å²) in [7, 11) is 3.94. The van der Waals surface area contributed by atoms with Gasteiger partial charge in [0.05, 0.1) is 5.69 Å². The molecule has 6 rings (SSSR count). The molecule has 0 spiro atoms. The maximum Gasteiger partial charge on any atom is 0.255 e. The number of anilines is 5. The number of furan rings is 1. The van der Waals surface area contributed by atoms with Gasteiger partial charge >= 0.3 is 0 Å². The van der Waals surface area contributed by atoms with E-state index in [1.165, 1.54) is 6.33 Å². The van der Waals surface area contributed by atoms with Gasteiger partial charge in [0.15, 0.2) is 5.58 Å². The maximum absolute atomic E-state index is 12.8. The fraction of sp³-hybridized carbons (Fsp3) is 0.0645. The predicted octanol–water partition coefficient (Wildman–Crippen LogP) is 7.16. The summed E-state index contributed by atoms with van der Waals surface area (Å²) >= 11 is 0. The summed E-state index contributed by atoms with van der Waals surface area (Å²) in [6.07, 6.45) is 3.24. The number of amides is 1. The van der Waals surface area contributed by atoms with Gasteiger partial charge in [-0.3, -0.25) is 9.69 Å². The molecule has 0 atom stereocenters. The van der Waals surface area contributed by atoms with Gasteiger partial charge in [-0.25, -0.2) is 9.97 Å². The number of rotatable bonds is 6. The Balaban J connectivity index is 1.35. The van der Waals surface area contributed by atoms with Crippen molar-refractivity contribution in [3.63, 3.8) is 0 Å². The van der Waals surface area contributed by atoms with Crippen molar-refractivity contribution in [1.82, 2.24) is 9.97 Å². The Morgan fingerprint density at radius 2 is 1.53 bits per heavy atom. The Morgan fingerprint density at radius 1 is 0.789 bits per heavy atom. The molecule has 0 fully saturated rings. The molecule has 2 heterocycles. The van der Waals surface area contributed by atoms with Gasteiger partial charge in [0.2, 0.25) is 0 Å². The van der Waals surface area contributed by atoms with Crippen LogP contribution >= 0.6 is 0 Å². The van der Waals surface area contributed by atoms with Crippen LogP contribution < -0.4 is 15.1 Å². The van der Waals surface area contributed by atoms with Gasteiger partial charge in [-0.15, -0.1) is 0 Å². The number of carbonyl (C=O) groups excluding carboxylic acids is 1. The van der Waals surface area contributed by atoms with Crippen molar-refractivity contribution < 1.29 is 9.21 Å². The van der Waals surface area contributed by atoms with Crippen LogP contribution in [-0.4, -0.2) is 30.0 Å². The topological polar surface area (TPSA) is 74.5 Å². The van der Waals surface area contributed by atoms with Crippen LogP contribution in [0.5, 0.6) is 0 Å². The second-order valence-corrected chi connectivity index (χ2v) is 9.10. The number of para-hydroxylation sites is 2. The number of benzene rings is 4. The molecule has 0 aliphatic rings. The predicted molar refractivity (Wildman–Crippen MR) is 153 cm³/mol. The summed E-state index contributed by atoms with van der Waals surface area (Å²) in [5, 5.41) is 5.07. The van der Waals surface area contributed by atoms with Crippen molar-refractivity contribution in [3.8, 4) is 0 Å². The van der Waals surface area contributed by atoms with E-state index in [4.69, 9.17) is 4.42 Å². The Labute approximate surface area is 220 Å². The third-order valence-corrected chi connectivity index (χ3v) is 6.45. The van der Waals surface area contributed by atoms with Crippen LogP contribution in [0.3, 0.4) is 0 Å². The smallest absolute Gasteiger partial charge is 0.255 e. The highest BCUT2D eigenvalue weighted by Gasteiger charge is 2.20. The highest BCUT2D eigenvalue weighted by atomic mass is 16.3. The number of carbonyl (C=O) groups is 1. The lowest BCUT2D eigenvalue weighted by Gasteiger charge is -2.24. The quantitative estimate of drug-likeness (QED) is 0.262. The van der Waals surface area contributed by atoms with E-state index in [0.29, 0.717) is 17.1 Å². The summed E-state index contributed by atoms with van der Waals surface area (Å²) in [5.41, 5.74) is 5.65. The first-order valence-electron chi connectivity index (χ1n) is 12.2. The molecule has 0 aliphatic carbocycles. The van der Waals surface area contributed by atoms with E-state index in [1.807, 2.05) is 109 Å². The van der Waals surface area contributed by atoms with Gasteiger partial charge < -0.3 is 14.6 Å². The summed E-state index contributed by atoms with van der Waals surface area (Å²) in [4.78, 5) is 25.5. The average molecular weight is 500 g/mol. The van der Waals surface area contributed by atoms with Gasteiger partial charge in [-0.1, -0.05) is 30.3 Å². The minimum atomic E-state index is -0.164. The Bertz CT molecular complexity index is 1730. The molecule has 0 aliphatic heterocycles. The van der Waals surface area contributed by atoms with Gasteiger partial charge in [0, 0.05) is 53.7 Å². The molecule has 2 aromatic heterocycles. The molecule has 6 aromatic rings. The number of aromatic nitrogens is 2. The minimum Gasteiger partial charge on any atom is -0.454 e. The van der Waals surface area contributed by atoms with Crippen molar-refractivity contribution in [2.75, 3.05) is 29.2 Å². The Kier molecular flexibility index (Phi) is 5.94. The average Bonchev–Trinajstić information content (AvgIpc) is 3.34. The second-order valence-electron chi connectivity index (χ2n) is 9.10. The van der Waals surface area contributed by atoms with E-state index in [2.05, 4.69) is 27.4 Å². The van der Waals surface area contributed by atoms with E-state index < -0.39 is 0 Å². The van der Waals surface area contributed by atoms with E-state index in [1.54, 1.807) is 6.20 Å². The van der Waals surface area contributed by atoms with Crippen LogP contribution in [0.4, 0.5) is 28.6 Å². The third-order valence-electron chi connectivity index (χ3n) is 6.45. The maximum atomic E-state index is 12.8. The lowest BCUT2D eigenvalue weighted by atomic mass is 10.1. The van der Waals surface area contributed by atoms with Crippen molar-refractivity contribution in [3.05, 3.63) is 115 Å². The zero-order chi connectivity index (χ0) is 26.1. The highest BCUT2D eigenvalue weighted by Crippen LogP contribution is 2.41. The number of fused-ring (bicyclic) bond motifs is 3. The van der Waals surface area contributed by atoms with Crippen LogP contribution in [0.25, 0.3) is 21.9 Å². The molecule has 7 heteroatoms. The van der Waals surface area contributed by atoms with Gasteiger partial charge in [-0.2, -0.15) is 0 Å². The largest absolute Gasteiger partial charge is 0.454 e. The number of hydrogen-bond acceptors (Lipinski definition) is 6. The molecule has 38 heavy (non-hydrogen) atoms. The fourth-order valence-corrected chi connectivity index (χ4v) is 4.53. The van der Waals surface area contributed by atoms with Crippen molar-refractivity contribution in [2.24, 2.45) is 0 Å². The summed E-state index contributed by atoms with van der Waals surface area (Å²) in [6, 6.07) is 31.1. The molecular formula is C31H25N5O2. The molecule has 186 valence electrons. The second kappa shape index (κ2) is 9.71. The van der Waals surface area contributed by atoms with Crippen molar-refractivity contribution in [1.29, 1.82) is 0 Å². The summed E-state index contributed by atoms with van der Waals surface area (Å²) in [5.74, 6) is 0.536. The molecule has 0 unspecified atom stereocenters. The number of nitrogens with one attached hydrogen (secondary N) is 1. The summed E-state index contributed by atoms with van der Waals surface area (Å²) < 4.78 is 6.31. The first-order valence-corrected chi connectivity index (χ1v) is 12.2. The molecule has 1 N–H and O–H groups in total. The molecular weight excluding hydrogens is 474 g/mol. The molecule has 0 radical (unpaired) electrons. The van der Waals surface area contributed by atoms with Gasteiger partial charge in [0.1, 0.15) is 17.7 Å². The molecule has 1 amide bonds. The van der Waals surface area contributed by atoms with Crippen LogP contribution in [-0.2, 0) is 0 Å². The van der Waals surface area contributed by atoms with Crippen LogP contribution in [0.2, 0.25) is 0 Å². The van der Waals surface area contributed by atoms with Crippen LogP contribution in [0.1, 0.15) is 10.4 Å². The zero-order valence-electron chi connectivity index (χ0n) is 21.0. The third kappa shape index (κ3) is 4.30. The summed E-state index contributed by atoms with van der Waals surface area (Å²) in [6.45, 7) is 0. The lowest BCUT2D eigenvalue weighted by Crippen LogP contribution is -2.14. The van der Waals surface area contributed by atoms with E-state index in [0.717, 1.165) is 39.0 Å². The first kappa shape index (κ1) is 23.2. The van der Waals surface area contributed by atoms with E-state index >= 15 is 0 Å². The normalized spacial score (nSPS) is 11.0. The number of nitrogens with zero attached hydrogens (tertiary/aromatic N) is 4. The SMILES string of the molecule is CN(C)c1ccc(C(=O)Nc2ccc(N(c3ccncn3)c3cccc4c3oc3ccccc34)cc2)cc1. The Hall–Kier alpha value is -5.17. The first-order chi connectivity index (χ1) is 18.6. The minimum absolute atomic E-state index is 0.164. The molecule has 0 saturated heterocycles. The fourth-order valence-electron chi connectivity index (χ4n) is 4.53. The molecule has 7 nitrogen and oxygen atoms in total. The number of hydrogen-bond donors (Lipinski definition) is 1. The van der Waals surface area contributed by atoms with Crippen LogP contribution in [0.15, 0.2) is 114 Å². The highest BCUT2D eigenvalue weighted by molar-refractivity contribution is 6.10. The van der Waals surface area contributed by atoms with Crippen molar-refractivity contribution >= 4 is 56.4 Å². The van der Waals surface area contributed by atoms with Gasteiger partial charge in [-0.05, 0) is 66.7 Å². The standard InChI is InChI=1S/C31H25N5O2/c1-35(2)23-14-10-21(11-15-23)31(37)34-22-12-16-24(17-13-22)36(29-18-19-32-20-33-29)27-8-5-7-26-25-6-3-4-9-28(25)38-30(26)27/h3-20H,1-2H3,(H,34,37).